The lowest BCUT2D eigenvalue weighted by molar-refractivity contribution is 0.390. The van der Waals surface area contributed by atoms with Crippen LogP contribution >= 0.6 is 23.2 Å². The van der Waals surface area contributed by atoms with Crippen molar-refractivity contribution in [2.45, 2.75) is 37.5 Å². The van der Waals surface area contributed by atoms with Crippen LogP contribution in [-0.2, 0) is 15.8 Å². The predicted molar refractivity (Wildman–Crippen MR) is 81.5 cm³/mol. The molecular weight excluding hydrogens is 317 g/mol. The standard InChI is InChI=1S/C14H17Cl2NO2S/c15-12-4-2-10(6-13(12)16)8-20(18,19)17-14-7-9-1-3-11(14)5-9/h2,4,6,9,11,14,17H,1,3,5,7-8H2. The molecule has 1 N–H and O–H groups in total. The normalized spacial score (nSPS) is 29.0. The number of benzene rings is 1. The molecule has 3 unspecified atom stereocenters. The number of hydrogen-bond acceptors (Lipinski definition) is 2. The van der Waals surface area contributed by atoms with Crippen molar-refractivity contribution in [3.8, 4) is 0 Å². The van der Waals surface area contributed by atoms with E-state index in [9.17, 15) is 8.42 Å². The van der Waals surface area contributed by atoms with Crippen molar-refractivity contribution in [2.75, 3.05) is 0 Å². The van der Waals surface area contributed by atoms with Gasteiger partial charge in [0.1, 0.15) is 0 Å². The van der Waals surface area contributed by atoms with Crippen LogP contribution in [0.3, 0.4) is 0 Å². The zero-order valence-corrected chi connectivity index (χ0v) is 13.3. The zero-order valence-electron chi connectivity index (χ0n) is 11.0. The van der Waals surface area contributed by atoms with Crippen LogP contribution < -0.4 is 4.72 Å². The van der Waals surface area contributed by atoms with E-state index in [1.54, 1.807) is 18.2 Å². The van der Waals surface area contributed by atoms with E-state index >= 15 is 0 Å². The van der Waals surface area contributed by atoms with Gasteiger partial charge in [0, 0.05) is 6.04 Å². The minimum Gasteiger partial charge on any atom is -0.212 e. The fraction of sp³-hybridized carbons (Fsp3) is 0.571. The monoisotopic (exact) mass is 333 g/mol. The summed E-state index contributed by atoms with van der Waals surface area (Å²) in [5.74, 6) is 1.21. The molecule has 0 spiro atoms. The van der Waals surface area contributed by atoms with Crippen LogP contribution in [0.25, 0.3) is 0 Å². The Balaban J connectivity index is 1.67. The van der Waals surface area contributed by atoms with E-state index < -0.39 is 10.0 Å². The molecule has 0 radical (unpaired) electrons. The van der Waals surface area contributed by atoms with E-state index in [1.807, 2.05) is 0 Å². The molecule has 2 aliphatic carbocycles. The summed E-state index contributed by atoms with van der Waals surface area (Å²) in [6.45, 7) is 0. The maximum Gasteiger partial charge on any atom is 0.216 e. The van der Waals surface area contributed by atoms with Crippen molar-refractivity contribution >= 4 is 33.2 Å². The molecule has 3 nitrogen and oxygen atoms in total. The Kier molecular flexibility index (Phi) is 4.01. The Hall–Kier alpha value is -0.290. The van der Waals surface area contributed by atoms with Crippen molar-refractivity contribution in [1.29, 1.82) is 0 Å². The van der Waals surface area contributed by atoms with Gasteiger partial charge >= 0.3 is 0 Å². The molecule has 0 aliphatic heterocycles. The van der Waals surface area contributed by atoms with Crippen LogP contribution in [0.1, 0.15) is 31.2 Å². The molecule has 110 valence electrons. The molecule has 20 heavy (non-hydrogen) atoms. The van der Waals surface area contributed by atoms with Crippen molar-refractivity contribution < 1.29 is 8.42 Å². The Labute approximate surface area is 129 Å². The van der Waals surface area contributed by atoms with Crippen molar-refractivity contribution in [1.82, 2.24) is 4.72 Å². The van der Waals surface area contributed by atoms with Crippen LogP contribution in [0, 0.1) is 11.8 Å². The lowest BCUT2D eigenvalue weighted by atomic mass is 9.96. The first-order chi connectivity index (χ1) is 9.43. The summed E-state index contributed by atoms with van der Waals surface area (Å²) in [5.41, 5.74) is 0.662. The van der Waals surface area contributed by atoms with Gasteiger partial charge < -0.3 is 0 Å². The second-order valence-electron chi connectivity index (χ2n) is 5.91. The number of nitrogens with one attached hydrogen (secondary N) is 1. The predicted octanol–water partition coefficient (Wildman–Crippen LogP) is 3.60. The minimum atomic E-state index is -3.32. The topological polar surface area (TPSA) is 46.2 Å². The van der Waals surface area contributed by atoms with Crippen molar-refractivity contribution in [2.24, 2.45) is 11.8 Å². The van der Waals surface area contributed by atoms with Gasteiger partial charge in [0.25, 0.3) is 0 Å². The maximum absolute atomic E-state index is 12.2. The van der Waals surface area contributed by atoms with E-state index in [-0.39, 0.29) is 11.8 Å². The van der Waals surface area contributed by atoms with E-state index in [1.165, 1.54) is 12.8 Å². The molecule has 0 saturated heterocycles. The average molecular weight is 334 g/mol. The van der Waals surface area contributed by atoms with Crippen molar-refractivity contribution in [3.05, 3.63) is 33.8 Å². The number of hydrogen-bond donors (Lipinski definition) is 1. The smallest absolute Gasteiger partial charge is 0.212 e. The average Bonchev–Trinajstić information content (AvgIpc) is 2.95. The number of fused-ring (bicyclic) bond motifs is 2. The molecule has 0 amide bonds. The highest BCUT2D eigenvalue weighted by molar-refractivity contribution is 7.88. The lowest BCUT2D eigenvalue weighted by Gasteiger charge is -2.22. The quantitative estimate of drug-likeness (QED) is 0.914. The van der Waals surface area contributed by atoms with Gasteiger partial charge in [-0.25, -0.2) is 13.1 Å². The first-order valence-electron chi connectivity index (χ1n) is 6.87. The molecule has 1 aromatic carbocycles. The summed E-state index contributed by atoms with van der Waals surface area (Å²) in [6.07, 6.45) is 4.59. The van der Waals surface area contributed by atoms with E-state index in [0.717, 1.165) is 18.8 Å². The van der Waals surface area contributed by atoms with Gasteiger partial charge in [0.2, 0.25) is 10.0 Å². The van der Waals surface area contributed by atoms with Crippen LogP contribution in [0.4, 0.5) is 0 Å². The molecule has 0 aromatic heterocycles. The van der Waals surface area contributed by atoms with Crippen LogP contribution in [0.2, 0.25) is 10.0 Å². The fourth-order valence-electron chi connectivity index (χ4n) is 3.51. The second kappa shape index (κ2) is 5.48. The molecule has 2 saturated carbocycles. The molecule has 3 atom stereocenters. The maximum atomic E-state index is 12.2. The molecule has 2 fully saturated rings. The summed E-state index contributed by atoms with van der Waals surface area (Å²) in [4.78, 5) is 0. The number of halogens is 2. The first kappa shape index (κ1) is 14.6. The van der Waals surface area contributed by atoms with Crippen LogP contribution in [0.5, 0.6) is 0 Å². The Morgan fingerprint density at radius 1 is 1.15 bits per heavy atom. The summed E-state index contributed by atoms with van der Waals surface area (Å²) >= 11 is 11.8. The van der Waals surface area contributed by atoms with Crippen LogP contribution in [-0.4, -0.2) is 14.5 Å². The van der Waals surface area contributed by atoms with Gasteiger partial charge in [-0.05, 0) is 48.8 Å². The molecule has 1 aromatic rings. The minimum absolute atomic E-state index is 0.0439. The summed E-state index contributed by atoms with van der Waals surface area (Å²) in [7, 11) is -3.32. The van der Waals surface area contributed by atoms with E-state index in [4.69, 9.17) is 23.2 Å². The van der Waals surface area contributed by atoms with Gasteiger partial charge in [0.15, 0.2) is 0 Å². The second-order valence-corrected chi connectivity index (χ2v) is 8.48. The largest absolute Gasteiger partial charge is 0.216 e. The summed E-state index contributed by atoms with van der Waals surface area (Å²) in [6, 6.07) is 5.08. The van der Waals surface area contributed by atoms with Crippen molar-refractivity contribution in [3.63, 3.8) is 0 Å². The van der Waals surface area contributed by atoms with Gasteiger partial charge in [-0.3, -0.25) is 0 Å². The van der Waals surface area contributed by atoms with Gasteiger partial charge in [-0.2, -0.15) is 0 Å². The third-order valence-electron chi connectivity index (χ3n) is 4.41. The molecule has 2 bridgehead atoms. The van der Waals surface area contributed by atoms with Gasteiger partial charge in [-0.1, -0.05) is 35.7 Å². The fourth-order valence-corrected chi connectivity index (χ4v) is 5.28. The highest BCUT2D eigenvalue weighted by Crippen LogP contribution is 2.44. The molecule has 2 aliphatic rings. The highest BCUT2D eigenvalue weighted by atomic mass is 35.5. The van der Waals surface area contributed by atoms with Crippen LogP contribution in [0.15, 0.2) is 18.2 Å². The highest BCUT2D eigenvalue weighted by Gasteiger charge is 2.41. The summed E-state index contributed by atoms with van der Waals surface area (Å²) in [5, 5.41) is 0.827. The lowest BCUT2D eigenvalue weighted by Crippen LogP contribution is -2.39. The Morgan fingerprint density at radius 3 is 2.55 bits per heavy atom. The molecular formula is C14H17Cl2NO2S. The third-order valence-corrected chi connectivity index (χ3v) is 6.52. The third kappa shape index (κ3) is 3.14. The number of sulfonamides is 1. The molecule has 3 rings (SSSR count). The number of rotatable bonds is 4. The van der Waals surface area contributed by atoms with Gasteiger partial charge in [0.05, 0.1) is 15.8 Å². The molecule has 6 heteroatoms. The SMILES string of the molecule is O=S(=O)(Cc1ccc(Cl)c(Cl)c1)NC1CC2CCC1C2. The van der Waals surface area contributed by atoms with Gasteiger partial charge in [-0.15, -0.1) is 0 Å². The van der Waals surface area contributed by atoms with E-state index in [2.05, 4.69) is 4.72 Å². The Bertz CT molecular complexity index is 618. The summed E-state index contributed by atoms with van der Waals surface area (Å²) < 4.78 is 27.3. The Morgan fingerprint density at radius 2 is 1.95 bits per heavy atom. The molecule has 0 heterocycles. The first-order valence-corrected chi connectivity index (χ1v) is 9.28. The van der Waals surface area contributed by atoms with E-state index in [0.29, 0.717) is 21.5 Å². The zero-order chi connectivity index (χ0) is 14.3.